The van der Waals surface area contributed by atoms with Gasteiger partial charge in [-0.05, 0) is 51.1 Å². The summed E-state index contributed by atoms with van der Waals surface area (Å²) in [6.07, 6.45) is 3.28. The maximum absolute atomic E-state index is 11.8. The molecule has 4 nitrogen and oxygen atoms in total. The van der Waals surface area contributed by atoms with Gasteiger partial charge in [0.1, 0.15) is 5.75 Å². The third-order valence-electron chi connectivity index (χ3n) is 4.29. The Bertz CT molecular complexity index is 517. The van der Waals surface area contributed by atoms with Crippen molar-refractivity contribution in [1.29, 1.82) is 0 Å². The van der Waals surface area contributed by atoms with E-state index in [2.05, 4.69) is 0 Å². The van der Waals surface area contributed by atoms with Crippen LogP contribution in [-0.2, 0) is 16.8 Å². The highest BCUT2D eigenvalue weighted by Crippen LogP contribution is 2.43. The van der Waals surface area contributed by atoms with Crippen LogP contribution in [-0.4, -0.2) is 35.2 Å². The Hall–Kier alpha value is -1.55. The van der Waals surface area contributed by atoms with E-state index in [-0.39, 0.29) is 5.75 Å². The van der Waals surface area contributed by atoms with Gasteiger partial charge in [0, 0.05) is 12.1 Å². The number of hydrogen-bond acceptors (Lipinski definition) is 3. The van der Waals surface area contributed by atoms with Crippen LogP contribution >= 0.6 is 0 Å². The van der Waals surface area contributed by atoms with Crippen LogP contribution in [0.2, 0.25) is 0 Å². The van der Waals surface area contributed by atoms with Crippen molar-refractivity contribution in [2.24, 2.45) is 0 Å². The second kappa shape index (κ2) is 5.44. The molecule has 2 rings (SSSR count). The van der Waals surface area contributed by atoms with E-state index >= 15 is 0 Å². The van der Waals surface area contributed by atoms with E-state index in [0.717, 1.165) is 29.5 Å². The summed E-state index contributed by atoms with van der Waals surface area (Å²) in [5.74, 6) is -0.461. The first-order chi connectivity index (χ1) is 9.36. The summed E-state index contributed by atoms with van der Waals surface area (Å²) in [6.45, 7) is 2.44. The van der Waals surface area contributed by atoms with Crippen molar-refractivity contribution in [2.45, 2.75) is 44.6 Å². The standard InChI is InChI=1S/C16H23NO3/c1-11-8-13(9-12(14(11)18)10-17(2)3)16(15(19)20)6-4-5-7-16/h8-9,18H,4-7,10H2,1-3H3,(H,19,20). The molecule has 2 N–H and O–H groups in total. The van der Waals surface area contributed by atoms with Crippen molar-refractivity contribution < 1.29 is 15.0 Å². The molecule has 0 aliphatic heterocycles. The Kier molecular flexibility index (Phi) is 4.04. The number of benzene rings is 1. The van der Waals surface area contributed by atoms with Gasteiger partial charge in [0.2, 0.25) is 0 Å². The molecule has 0 saturated heterocycles. The van der Waals surface area contributed by atoms with Gasteiger partial charge in [-0.3, -0.25) is 4.79 Å². The molecule has 1 saturated carbocycles. The molecule has 0 unspecified atom stereocenters. The molecule has 0 atom stereocenters. The van der Waals surface area contributed by atoms with Gasteiger partial charge in [-0.15, -0.1) is 0 Å². The summed E-state index contributed by atoms with van der Waals surface area (Å²) in [7, 11) is 3.87. The van der Waals surface area contributed by atoms with E-state index in [1.54, 1.807) is 0 Å². The van der Waals surface area contributed by atoms with Crippen molar-refractivity contribution >= 4 is 5.97 Å². The van der Waals surface area contributed by atoms with Gasteiger partial charge in [0.05, 0.1) is 5.41 Å². The van der Waals surface area contributed by atoms with Crippen molar-refractivity contribution in [2.75, 3.05) is 14.1 Å². The molecule has 0 spiro atoms. The fourth-order valence-electron chi connectivity index (χ4n) is 3.19. The first kappa shape index (κ1) is 14.9. The van der Waals surface area contributed by atoms with Crippen LogP contribution in [0.25, 0.3) is 0 Å². The third-order valence-corrected chi connectivity index (χ3v) is 4.29. The lowest BCUT2D eigenvalue weighted by Crippen LogP contribution is -2.33. The topological polar surface area (TPSA) is 60.8 Å². The molecule has 1 fully saturated rings. The highest BCUT2D eigenvalue weighted by Gasteiger charge is 2.43. The molecule has 4 heteroatoms. The second-order valence-electron chi connectivity index (χ2n) is 6.13. The molecule has 0 heterocycles. The minimum absolute atomic E-state index is 0.279. The maximum Gasteiger partial charge on any atom is 0.314 e. The normalized spacial score (nSPS) is 17.6. The van der Waals surface area contributed by atoms with E-state index in [4.69, 9.17) is 0 Å². The molecule has 0 aromatic heterocycles. The number of phenols is 1. The van der Waals surface area contributed by atoms with Crippen LogP contribution in [0.1, 0.15) is 42.4 Å². The summed E-state index contributed by atoms with van der Waals surface area (Å²) in [5, 5.41) is 19.8. The molecule has 1 aromatic carbocycles. The fraction of sp³-hybridized carbons (Fsp3) is 0.562. The van der Waals surface area contributed by atoms with Crippen LogP contribution in [0.4, 0.5) is 0 Å². The molecular formula is C16H23NO3. The maximum atomic E-state index is 11.8. The molecule has 0 radical (unpaired) electrons. The zero-order valence-corrected chi connectivity index (χ0v) is 12.4. The average molecular weight is 277 g/mol. The monoisotopic (exact) mass is 277 g/mol. The Morgan fingerprint density at radius 3 is 2.40 bits per heavy atom. The van der Waals surface area contributed by atoms with Crippen LogP contribution in [0.3, 0.4) is 0 Å². The molecule has 0 amide bonds. The summed E-state index contributed by atoms with van der Waals surface area (Å²) in [5.41, 5.74) is 1.64. The van der Waals surface area contributed by atoms with Gasteiger partial charge < -0.3 is 15.1 Å². The first-order valence-electron chi connectivity index (χ1n) is 7.08. The van der Waals surface area contributed by atoms with Gasteiger partial charge in [-0.25, -0.2) is 0 Å². The zero-order chi connectivity index (χ0) is 14.9. The van der Waals surface area contributed by atoms with Crippen LogP contribution in [0, 0.1) is 6.92 Å². The SMILES string of the molecule is Cc1cc(C2(C(=O)O)CCCC2)cc(CN(C)C)c1O. The summed E-state index contributed by atoms with van der Waals surface area (Å²) < 4.78 is 0. The molecule has 1 aliphatic carbocycles. The largest absolute Gasteiger partial charge is 0.507 e. The third kappa shape index (κ3) is 2.52. The zero-order valence-electron chi connectivity index (χ0n) is 12.4. The minimum atomic E-state index is -0.764. The van der Waals surface area contributed by atoms with Gasteiger partial charge in [-0.2, -0.15) is 0 Å². The predicted molar refractivity (Wildman–Crippen MR) is 78.0 cm³/mol. The Morgan fingerprint density at radius 1 is 1.30 bits per heavy atom. The van der Waals surface area contributed by atoms with Gasteiger partial charge in [-0.1, -0.05) is 18.9 Å². The number of rotatable bonds is 4. The second-order valence-corrected chi connectivity index (χ2v) is 6.13. The highest BCUT2D eigenvalue weighted by atomic mass is 16.4. The number of nitrogens with zero attached hydrogens (tertiary/aromatic N) is 1. The molecule has 110 valence electrons. The number of aryl methyl sites for hydroxylation is 1. The van der Waals surface area contributed by atoms with Crippen molar-refractivity contribution in [3.63, 3.8) is 0 Å². The lowest BCUT2D eigenvalue weighted by Gasteiger charge is -2.26. The smallest absolute Gasteiger partial charge is 0.314 e. The Balaban J connectivity index is 2.51. The lowest BCUT2D eigenvalue weighted by molar-refractivity contribution is -0.143. The predicted octanol–water partition coefficient (Wildman–Crippen LogP) is 2.66. The number of carboxylic acids is 1. The van der Waals surface area contributed by atoms with Crippen molar-refractivity contribution in [3.8, 4) is 5.75 Å². The molecule has 1 aromatic rings. The summed E-state index contributed by atoms with van der Waals surface area (Å²) >= 11 is 0. The van der Waals surface area contributed by atoms with Gasteiger partial charge in [0.25, 0.3) is 0 Å². The highest BCUT2D eigenvalue weighted by molar-refractivity contribution is 5.82. The first-order valence-corrected chi connectivity index (χ1v) is 7.08. The number of carbonyl (C=O) groups is 1. The number of carboxylic acid groups (broad SMARTS) is 1. The fourth-order valence-corrected chi connectivity index (χ4v) is 3.19. The van der Waals surface area contributed by atoms with E-state index in [9.17, 15) is 15.0 Å². The van der Waals surface area contributed by atoms with Gasteiger partial charge >= 0.3 is 5.97 Å². The number of aliphatic carboxylic acids is 1. The number of aromatic hydroxyl groups is 1. The van der Waals surface area contributed by atoms with Crippen molar-refractivity contribution in [3.05, 3.63) is 28.8 Å². The Labute approximate surface area is 120 Å². The molecule has 20 heavy (non-hydrogen) atoms. The lowest BCUT2D eigenvalue weighted by atomic mass is 9.77. The quantitative estimate of drug-likeness (QED) is 0.888. The molecular weight excluding hydrogens is 254 g/mol. The average Bonchev–Trinajstić information content (AvgIpc) is 2.84. The van der Waals surface area contributed by atoms with Crippen LogP contribution in [0.15, 0.2) is 12.1 Å². The van der Waals surface area contributed by atoms with E-state index in [1.807, 2.05) is 38.1 Å². The van der Waals surface area contributed by atoms with Crippen LogP contribution < -0.4 is 0 Å². The number of phenolic OH excluding ortho intramolecular Hbond substituents is 1. The Morgan fingerprint density at radius 2 is 1.90 bits per heavy atom. The molecule has 1 aliphatic rings. The summed E-state index contributed by atoms with van der Waals surface area (Å²) in [4.78, 5) is 13.8. The summed E-state index contributed by atoms with van der Waals surface area (Å²) in [6, 6.07) is 3.72. The van der Waals surface area contributed by atoms with E-state index < -0.39 is 11.4 Å². The van der Waals surface area contributed by atoms with Gasteiger partial charge in [0.15, 0.2) is 0 Å². The van der Waals surface area contributed by atoms with E-state index in [1.165, 1.54) is 0 Å². The van der Waals surface area contributed by atoms with Crippen LogP contribution in [0.5, 0.6) is 5.75 Å². The van der Waals surface area contributed by atoms with Crippen molar-refractivity contribution in [1.82, 2.24) is 4.90 Å². The minimum Gasteiger partial charge on any atom is -0.507 e. The van der Waals surface area contributed by atoms with E-state index in [0.29, 0.717) is 19.4 Å². The number of hydrogen-bond donors (Lipinski definition) is 2. The molecule has 0 bridgehead atoms.